The molecule has 0 aliphatic heterocycles. The maximum Gasteiger partial charge on any atom is 0.292 e. The van der Waals surface area contributed by atoms with E-state index in [1.807, 2.05) is 0 Å². The fraction of sp³-hybridized carbons (Fsp3) is 0.0667. The lowest BCUT2D eigenvalue weighted by Gasteiger charge is -2.07. The largest absolute Gasteiger partial charge is 0.343 e. The first kappa shape index (κ1) is 15.2. The smallest absolute Gasteiger partial charge is 0.292 e. The monoisotopic (exact) mass is 299 g/mol. The molecule has 0 radical (unpaired) electrons. The Morgan fingerprint density at radius 3 is 2.32 bits per heavy atom. The van der Waals surface area contributed by atoms with Gasteiger partial charge in [-0.2, -0.15) is 0 Å². The highest BCUT2D eigenvalue weighted by Gasteiger charge is 2.15. The summed E-state index contributed by atoms with van der Waals surface area (Å²) in [6, 6.07) is 14.2. The van der Waals surface area contributed by atoms with Gasteiger partial charge >= 0.3 is 0 Å². The summed E-state index contributed by atoms with van der Waals surface area (Å²) < 4.78 is 0. The molecule has 7 nitrogen and oxygen atoms in total. The number of amides is 2. The van der Waals surface area contributed by atoms with Crippen molar-refractivity contribution in [2.45, 2.75) is 0 Å². The molecule has 0 aliphatic rings. The van der Waals surface area contributed by atoms with Crippen LogP contribution >= 0.6 is 0 Å². The third-order valence-corrected chi connectivity index (χ3v) is 2.82. The molecule has 0 saturated heterocycles. The summed E-state index contributed by atoms with van der Waals surface area (Å²) in [5, 5.41) is 15.7. The van der Waals surface area contributed by atoms with Crippen LogP contribution in [0.4, 0.5) is 11.4 Å². The Morgan fingerprint density at radius 2 is 1.64 bits per heavy atom. The summed E-state index contributed by atoms with van der Waals surface area (Å²) in [5.41, 5.74) is 0.317. The Hall–Kier alpha value is -3.22. The zero-order valence-corrected chi connectivity index (χ0v) is 11.5. The topological polar surface area (TPSA) is 101 Å². The standard InChI is InChI=1S/C15H13N3O4/c19-14(10-16-15(20)11-6-2-1-3-7-11)17-12-8-4-5-9-13(12)18(21)22/h1-9H,10H2,(H,16,20)(H,17,19). The van der Waals surface area contributed by atoms with Crippen LogP contribution in [0.3, 0.4) is 0 Å². The number of carbonyl (C=O) groups excluding carboxylic acids is 2. The predicted octanol–water partition coefficient (Wildman–Crippen LogP) is 1.96. The van der Waals surface area contributed by atoms with Crippen LogP contribution in [0.5, 0.6) is 0 Å². The second-order valence-electron chi connectivity index (χ2n) is 4.37. The lowest BCUT2D eigenvalue weighted by atomic mass is 10.2. The van der Waals surface area contributed by atoms with E-state index in [4.69, 9.17) is 0 Å². The van der Waals surface area contributed by atoms with E-state index >= 15 is 0 Å². The van der Waals surface area contributed by atoms with Crippen LogP contribution in [-0.2, 0) is 4.79 Å². The highest BCUT2D eigenvalue weighted by atomic mass is 16.6. The van der Waals surface area contributed by atoms with E-state index in [1.165, 1.54) is 18.2 Å². The SMILES string of the molecule is O=C(CNC(=O)c1ccccc1)Nc1ccccc1[N+](=O)[O-]. The molecule has 2 aromatic carbocycles. The maximum absolute atomic E-state index is 11.8. The molecule has 0 bridgehead atoms. The number of carbonyl (C=O) groups is 2. The molecule has 0 aliphatic carbocycles. The summed E-state index contributed by atoms with van der Waals surface area (Å²) in [4.78, 5) is 33.8. The number of anilines is 1. The fourth-order valence-electron chi connectivity index (χ4n) is 1.79. The van der Waals surface area contributed by atoms with E-state index in [9.17, 15) is 19.7 Å². The van der Waals surface area contributed by atoms with Gasteiger partial charge in [0.2, 0.25) is 5.91 Å². The molecule has 0 aromatic heterocycles. The lowest BCUT2D eigenvalue weighted by molar-refractivity contribution is -0.383. The second kappa shape index (κ2) is 6.98. The van der Waals surface area contributed by atoms with Crippen LogP contribution < -0.4 is 10.6 Å². The van der Waals surface area contributed by atoms with Gasteiger partial charge < -0.3 is 10.6 Å². The van der Waals surface area contributed by atoms with Crippen LogP contribution in [0.1, 0.15) is 10.4 Å². The number of para-hydroxylation sites is 2. The van der Waals surface area contributed by atoms with Crippen LogP contribution in [0.15, 0.2) is 54.6 Å². The van der Waals surface area contributed by atoms with E-state index in [0.717, 1.165) is 0 Å². The summed E-state index contributed by atoms with van der Waals surface area (Å²) in [6.45, 7) is -0.278. The second-order valence-corrected chi connectivity index (χ2v) is 4.37. The van der Waals surface area contributed by atoms with Crippen LogP contribution in [0, 0.1) is 10.1 Å². The van der Waals surface area contributed by atoms with Crippen LogP contribution in [-0.4, -0.2) is 23.3 Å². The van der Waals surface area contributed by atoms with Gasteiger partial charge in [-0.05, 0) is 18.2 Å². The number of nitrogens with zero attached hydrogens (tertiary/aromatic N) is 1. The number of hydrogen-bond donors (Lipinski definition) is 2. The van der Waals surface area contributed by atoms with Crippen molar-refractivity contribution in [3.63, 3.8) is 0 Å². The van der Waals surface area contributed by atoms with Gasteiger partial charge in [0.1, 0.15) is 5.69 Å². The Labute approximate surface area is 126 Å². The van der Waals surface area contributed by atoms with E-state index in [-0.39, 0.29) is 17.9 Å². The quantitative estimate of drug-likeness (QED) is 0.651. The van der Waals surface area contributed by atoms with Crippen molar-refractivity contribution in [1.29, 1.82) is 0 Å². The molecule has 0 heterocycles. The van der Waals surface area contributed by atoms with Gasteiger partial charge in [-0.3, -0.25) is 19.7 Å². The number of hydrogen-bond acceptors (Lipinski definition) is 4. The molecular weight excluding hydrogens is 286 g/mol. The number of nitro benzene ring substituents is 1. The van der Waals surface area contributed by atoms with Gasteiger partial charge in [0.25, 0.3) is 11.6 Å². The van der Waals surface area contributed by atoms with E-state index in [2.05, 4.69) is 10.6 Å². The average Bonchev–Trinajstić information content (AvgIpc) is 2.53. The van der Waals surface area contributed by atoms with Crippen LogP contribution in [0.2, 0.25) is 0 Å². The molecule has 22 heavy (non-hydrogen) atoms. The highest BCUT2D eigenvalue weighted by Crippen LogP contribution is 2.22. The van der Waals surface area contributed by atoms with Crippen molar-refractivity contribution in [3.05, 3.63) is 70.3 Å². The summed E-state index contributed by atoms with van der Waals surface area (Å²) in [6.07, 6.45) is 0. The Balaban J connectivity index is 1.94. The Morgan fingerprint density at radius 1 is 1.00 bits per heavy atom. The molecule has 0 atom stereocenters. The van der Waals surface area contributed by atoms with Crippen molar-refractivity contribution in [3.8, 4) is 0 Å². The number of nitro groups is 1. The van der Waals surface area contributed by atoms with E-state index < -0.39 is 16.7 Å². The van der Waals surface area contributed by atoms with Crippen molar-refractivity contribution in [1.82, 2.24) is 5.32 Å². The Bertz CT molecular complexity index is 701. The van der Waals surface area contributed by atoms with Crippen LogP contribution in [0.25, 0.3) is 0 Å². The predicted molar refractivity (Wildman–Crippen MR) is 80.5 cm³/mol. The first-order chi connectivity index (χ1) is 10.6. The first-order valence-electron chi connectivity index (χ1n) is 6.44. The third-order valence-electron chi connectivity index (χ3n) is 2.82. The number of benzene rings is 2. The molecule has 0 unspecified atom stereocenters. The number of nitrogens with one attached hydrogen (secondary N) is 2. The minimum absolute atomic E-state index is 0.0893. The molecule has 2 aromatic rings. The lowest BCUT2D eigenvalue weighted by Crippen LogP contribution is -2.32. The molecule has 2 N–H and O–H groups in total. The molecule has 0 fully saturated rings. The van der Waals surface area contributed by atoms with Gasteiger partial charge in [-0.15, -0.1) is 0 Å². The van der Waals surface area contributed by atoms with Crippen molar-refractivity contribution >= 4 is 23.2 Å². The van der Waals surface area contributed by atoms with Gasteiger partial charge in [-0.1, -0.05) is 30.3 Å². The van der Waals surface area contributed by atoms with Gasteiger partial charge in [0, 0.05) is 11.6 Å². The number of rotatable bonds is 5. The van der Waals surface area contributed by atoms with Gasteiger partial charge in [0.15, 0.2) is 0 Å². The van der Waals surface area contributed by atoms with Gasteiger partial charge in [0.05, 0.1) is 11.5 Å². The van der Waals surface area contributed by atoms with Crippen molar-refractivity contribution in [2.24, 2.45) is 0 Å². The van der Waals surface area contributed by atoms with E-state index in [0.29, 0.717) is 5.56 Å². The zero-order valence-electron chi connectivity index (χ0n) is 11.5. The molecule has 0 saturated carbocycles. The first-order valence-corrected chi connectivity index (χ1v) is 6.44. The Kier molecular flexibility index (Phi) is 4.81. The molecule has 2 rings (SSSR count). The minimum atomic E-state index is -0.585. The summed E-state index contributed by atoms with van der Waals surface area (Å²) in [5.74, 6) is -0.933. The summed E-state index contributed by atoms with van der Waals surface area (Å²) in [7, 11) is 0. The fourth-order valence-corrected chi connectivity index (χ4v) is 1.79. The van der Waals surface area contributed by atoms with Gasteiger partial charge in [-0.25, -0.2) is 0 Å². The highest BCUT2D eigenvalue weighted by molar-refractivity contribution is 6.00. The zero-order chi connectivity index (χ0) is 15.9. The van der Waals surface area contributed by atoms with Crippen molar-refractivity contribution in [2.75, 3.05) is 11.9 Å². The maximum atomic E-state index is 11.8. The molecule has 2 amide bonds. The third kappa shape index (κ3) is 3.89. The average molecular weight is 299 g/mol. The molecule has 112 valence electrons. The minimum Gasteiger partial charge on any atom is -0.343 e. The van der Waals surface area contributed by atoms with Crippen molar-refractivity contribution < 1.29 is 14.5 Å². The molecule has 7 heteroatoms. The summed E-state index contributed by atoms with van der Waals surface area (Å²) >= 11 is 0. The van der Waals surface area contributed by atoms with E-state index in [1.54, 1.807) is 36.4 Å². The molecular formula is C15H13N3O4. The normalized spacial score (nSPS) is 9.82. The molecule has 0 spiro atoms.